The van der Waals surface area contributed by atoms with Gasteiger partial charge >= 0.3 is 0 Å². The predicted octanol–water partition coefficient (Wildman–Crippen LogP) is 3.52. The van der Waals surface area contributed by atoms with Gasteiger partial charge in [0.25, 0.3) is 11.8 Å². The standard InChI is InChI=1S/C24H21F2N3O3/c1-27-23(30)17-6-5-14(11-20(17)26)10-16-12-18-15(13-21(16)32-2)7-9-29(24(18)31)22-19(25)4-3-8-28-22/h3-6,8,11-13H,7,9-10H2,1-2H3,(H,27,30). The average molecular weight is 437 g/mol. The summed E-state index contributed by atoms with van der Waals surface area (Å²) < 4.78 is 34.1. The minimum absolute atomic E-state index is 0.00706. The van der Waals surface area contributed by atoms with E-state index in [1.54, 1.807) is 18.2 Å². The first-order valence-electron chi connectivity index (χ1n) is 10.1. The summed E-state index contributed by atoms with van der Waals surface area (Å²) >= 11 is 0. The molecule has 0 radical (unpaired) electrons. The third-order valence-corrected chi connectivity index (χ3v) is 5.48. The Bertz CT molecular complexity index is 1210. The highest BCUT2D eigenvalue weighted by Crippen LogP contribution is 2.32. The zero-order valence-electron chi connectivity index (χ0n) is 17.6. The van der Waals surface area contributed by atoms with Crippen LogP contribution in [0.3, 0.4) is 0 Å². The second-order valence-corrected chi connectivity index (χ2v) is 7.41. The molecule has 2 amide bonds. The Morgan fingerprint density at radius 1 is 1.19 bits per heavy atom. The molecule has 4 rings (SSSR count). The summed E-state index contributed by atoms with van der Waals surface area (Å²) in [6, 6.07) is 10.6. The van der Waals surface area contributed by atoms with Crippen molar-refractivity contribution in [3.8, 4) is 5.75 Å². The Morgan fingerprint density at radius 2 is 2.00 bits per heavy atom. The maximum absolute atomic E-state index is 14.4. The van der Waals surface area contributed by atoms with E-state index in [4.69, 9.17) is 4.74 Å². The maximum Gasteiger partial charge on any atom is 0.259 e. The second kappa shape index (κ2) is 8.74. The first-order valence-corrected chi connectivity index (χ1v) is 10.1. The molecule has 0 fully saturated rings. The number of anilines is 1. The molecule has 3 aromatic rings. The summed E-state index contributed by atoms with van der Waals surface area (Å²) in [5.74, 6) is -1.49. The molecule has 32 heavy (non-hydrogen) atoms. The van der Waals surface area contributed by atoms with Gasteiger partial charge in [-0.15, -0.1) is 0 Å². The quantitative estimate of drug-likeness (QED) is 0.663. The van der Waals surface area contributed by atoms with E-state index in [-0.39, 0.29) is 23.7 Å². The van der Waals surface area contributed by atoms with E-state index in [2.05, 4.69) is 10.3 Å². The van der Waals surface area contributed by atoms with Gasteiger partial charge in [-0.3, -0.25) is 14.5 Å². The second-order valence-electron chi connectivity index (χ2n) is 7.41. The number of amides is 2. The van der Waals surface area contributed by atoms with Crippen molar-refractivity contribution >= 4 is 17.6 Å². The van der Waals surface area contributed by atoms with Crippen LogP contribution in [0.15, 0.2) is 48.7 Å². The van der Waals surface area contributed by atoms with E-state index in [9.17, 15) is 18.4 Å². The summed E-state index contributed by atoms with van der Waals surface area (Å²) in [7, 11) is 2.96. The van der Waals surface area contributed by atoms with Crippen LogP contribution in [-0.4, -0.2) is 37.5 Å². The number of halogens is 2. The van der Waals surface area contributed by atoms with Crippen LogP contribution in [0.1, 0.15) is 37.4 Å². The number of rotatable bonds is 5. The lowest BCUT2D eigenvalue weighted by molar-refractivity contribution is 0.0956. The zero-order valence-corrected chi connectivity index (χ0v) is 17.6. The average Bonchev–Trinajstić information content (AvgIpc) is 2.79. The molecule has 2 aromatic carbocycles. The molecule has 0 saturated carbocycles. The summed E-state index contributed by atoms with van der Waals surface area (Å²) in [6.07, 6.45) is 2.24. The molecule has 6 nitrogen and oxygen atoms in total. The van der Waals surface area contributed by atoms with E-state index in [1.807, 2.05) is 0 Å². The topological polar surface area (TPSA) is 71.5 Å². The van der Waals surface area contributed by atoms with Crippen molar-refractivity contribution in [3.05, 3.63) is 88.1 Å². The third kappa shape index (κ3) is 3.91. The Hall–Kier alpha value is -3.81. The van der Waals surface area contributed by atoms with E-state index in [0.717, 1.165) is 5.56 Å². The van der Waals surface area contributed by atoms with Gasteiger partial charge < -0.3 is 10.1 Å². The summed E-state index contributed by atoms with van der Waals surface area (Å²) in [5.41, 5.74) is 2.47. The molecule has 1 aromatic heterocycles. The Labute approximate surface area is 183 Å². The minimum Gasteiger partial charge on any atom is -0.496 e. The molecule has 0 spiro atoms. The molecule has 0 unspecified atom stereocenters. The highest BCUT2D eigenvalue weighted by Gasteiger charge is 2.29. The molecule has 1 aliphatic rings. The molecule has 2 heterocycles. The van der Waals surface area contributed by atoms with E-state index in [1.165, 1.54) is 49.5 Å². The SMILES string of the molecule is CNC(=O)c1ccc(Cc2cc3c(cc2OC)CCN(c2ncccc2F)C3=O)cc1F. The van der Waals surface area contributed by atoms with Gasteiger partial charge in [0.1, 0.15) is 11.6 Å². The predicted molar refractivity (Wildman–Crippen MR) is 115 cm³/mol. The fourth-order valence-corrected chi connectivity index (χ4v) is 3.87. The summed E-state index contributed by atoms with van der Waals surface area (Å²) in [6.45, 7) is 0.300. The van der Waals surface area contributed by atoms with Crippen molar-refractivity contribution in [2.45, 2.75) is 12.8 Å². The number of pyridine rings is 1. The van der Waals surface area contributed by atoms with E-state index >= 15 is 0 Å². The van der Waals surface area contributed by atoms with Gasteiger partial charge in [-0.05, 0) is 59.5 Å². The number of fused-ring (bicyclic) bond motifs is 1. The molecular formula is C24H21F2N3O3. The number of nitrogens with zero attached hydrogens (tertiary/aromatic N) is 2. The van der Waals surface area contributed by atoms with Crippen LogP contribution >= 0.6 is 0 Å². The number of nitrogens with one attached hydrogen (secondary N) is 1. The first-order chi connectivity index (χ1) is 15.4. The monoisotopic (exact) mass is 437 g/mol. The fraction of sp³-hybridized carbons (Fsp3) is 0.208. The molecule has 0 bridgehead atoms. The van der Waals surface area contributed by atoms with Gasteiger partial charge in [-0.2, -0.15) is 0 Å². The lowest BCUT2D eigenvalue weighted by Gasteiger charge is -2.29. The largest absolute Gasteiger partial charge is 0.496 e. The van der Waals surface area contributed by atoms with Crippen LogP contribution in [0.25, 0.3) is 0 Å². The third-order valence-electron chi connectivity index (χ3n) is 5.48. The van der Waals surface area contributed by atoms with Crippen molar-refractivity contribution in [1.29, 1.82) is 0 Å². The number of carbonyl (C=O) groups is 2. The number of methoxy groups -OCH3 is 1. The molecule has 1 N–H and O–H groups in total. The van der Waals surface area contributed by atoms with Gasteiger partial charge in [0, 0.05) is 31.8 Å². The number of hydrogen-bond acceptors (Lipinski definition) is 4. The Balaban J connectivity index is 1.68. The molecule has 0 saturated heterocycles. The van der Waals surface area contributed by atoms with Gasteiger partial charge in [0.2, 0.25) is 0 Å². The van der Waals surface area contributed by atoms with Gasteiger partial charge in [0.15, 0.2) is 11.6 Å². The lowest BCUT2D eigenvalue weighted by Crippen LogP contribution is -2.38. The number of hydrogen-bond donors (Lipinski definition) is 1. The number of carbonyl (C=O) groups excluding carboxylic acids is 2. The van der Waals surface area contributed by atoms with E-state index < -0.39 is 17.5 Å². The summed E-state index contributed by atoms with van der Waals surface area (Å²) in [4.78, 5) is 30.2. The smallest absolute Gasteiger partial charge is 0.259 e. The zero-order chi connectivity index (χ0) is 22.8. The Morgan fingerprint density at radius 3 is 2.69 bits per heavy atom. The van der Waals surface area contributed by atoms with Crippen molar-refractivity contribution in [2.24, 2.45) is 0 Å². The van der Waals surface area contributed by atoms with Crippen molar-refractivity contribution in [3.63, 3.8) is 0 Å². The van der Waals surface area contributed by atoms with Crippen LogP contribution in [0.2, 0.25) is 0 Å². The molecule has 1 aliphatic heterocycles. The molecule has 0 atom stereocenters. The fourth-order valence-electron chi connectivity index (χ4n) is 3.87. The first kappa shape index (κ1) is 21.4. The highest BCUT2D eigenvalue weighted by molar-refractivity contribution is 6.08. The molecule has 0 aliphatic carbocycles. The van der Waals surface area contributed by atoms with Gasteiger partial charge in [0.05, 0.1) is 12.7 Å². The molecular weight excluding hydrogens is 416 g/mol. The number of aromatic nitrogens is 1. The molecule has 164 valence electrons. The normalized spacial score (nSPS) is 13.0. The van der Waals surface area contributed by atoms with Crippen molar-refractivity contribution < 1.29 is 23.1 Å². The Kier molecular flexibility index (Phi) is 5.85. The van der Waals surface area contributed by atoms with Crippen molar-refractivity contribution in [1.82, 2.24) is 10.3 Å². The van der Waals surface area contributed by atoms with Crippen LogP contribution in [0.4, 0.5) is 14.6 Å². The lowest BCUT2D eigenvalue weighted by atomic mass is 9.93. The van der Waals surface area contributed by atoms with Crippen LogP contribution < -0.4 is 15.0 Å². The number of ether oxygens (including phenoxy) is 1. The van der Waals surface area contributed by atoms with Crippen LogP contribution in [-0.2, 0) is 12.8 Å². The summed E-state index contributed by atoms with van der Waals surface area (Å²) in [5, 5.41) is 2.40. The molecule has 8 heteroatoms. The van der Waals surface area contributed by atoms with Crippen molar-refractivity contribution in [2.75, 3.05) is 25.6 Å². The number of benzene rings is 2. The van der Waals surface area contributed by atoms with Gasteiger partial charge in [-0.25, -0.2) is 13.8 Å². The highest BCUT2D eigenvalue weighted by atomic mass is 19.1. The minimum atomic E-state index is -0.633. The maximum atomic E-state index is 14.4. The van der Waals surface area contributed by atoms with Crippen LogP contribution in [0.5, 0.6) is 5.75 Å². The van der Waals surface area contributed by atoms with Crippen LogP contribution in [0, 0.1) is 11.6 Å². The van der Waals surface area contributed by atoms with Gasteiger partial charge in [-0.1, -0.05) is 6.07 Å². The van der Waals surface area contributed by atoms with E-state index in [0.29, 0.717) is 35.4 Å².